The lowest BCUT2D eigenvalue weighted by molar-refractivity contribution is -0.156. The van der Waals surface area contributed by atoms with Gasteiger partial charge in [0.05, 0.1) is 11.7 Å². The maximum atomic E-state index is 13.6. The summed E-state index contributed by atoms with van der Waals surface area (Å²) in [4.78, 5) is 47.2. The molecule has 3 atom stereocenters. The van der Waals surface area contributed by atoms with Crippen molar-refractivity contribution in [2.45, 2.75) is 64.3 Å². The van der Waals surface area contributed by atoms with Gasteiger partial charge in [-0.05, 0) is 93.9 Å². The van der Waals surface area contributed by atoms with Gasteiger partial charge in [-0.3, -0.25) is 24.3 Å². The van der Waals surface area contributed by atoms with E-state index >= 15 is 0 Å². The number of nitrogens with zero attached hydrogens (tertiary/aromatic N) is 3. The number of carbonyl (C=O) groups excluding carboxylic acids is 3. The number of hydrogen-bond acceptors (Lipinski definition) is 5. The van der Waals surface area contributed by atoms with Crippen LogP contribution in [0.25, 0.3) is 0 Å². The van der Waals surface area contributed by atoms with Crippen LogP contribution < -0.4 is 5.32 Å². The summed E-state index contributed by atoms with van der Waals surface area (Å²) in [6.45, 7) is 4.86. The summed E-state index contributed by atoms with van der Waals surface area (Å²) in [6.07, 6.45) is 8.63. The number of rotatable bonds is 8. The highest BCUT2D eigenvalue weighted by Gasteiger charge is 2.41. The molecule has 2 aromatic rings. The van der Waals surface area contributed by atoms with Crippen LogP contribution in [0.4, 0.5) is 4.39 Å². The third kappa shape index (κ3) is 6.38. The zero-order valence-electron chi connectivity index (χ0n) is 22.8. The number of piperidine rings is 2. The van der Waals surface area contributed by atoms with E-state index in [4.69, 9.17) is 0 Å². The number of aromatic nitrogens is 1. The summed E-state index contributed by atoms with van der Waals surface area (Å²) < 4.78 is 13.6. The number of nitrogens with one attached hydrogen (secondary N) is 1. The van der Waals surface area contributed by atoms with Crippen LogP contribution in [0.15, 0.2) is 42.6 Å². The highest BCUT2D eigenvalue weighted by atomic mass is 19.1. The molecule has 208 valence electrons. The molecule has 7 nitrogen and oxygen atoms in total. The molecular formula is C31H39FN4O3. The van der Waals surface area contributed by atoms with Gasteiger partial charge in [0.25, 0.3) is 0 Å². The first-order valence-corrected chi connectivity index (χ1v) is 14.4. The van der Waals surface area contributed by atoms with Crippen molar-refractivity contribution in [3.05, 3.63) is 65.2 Å². The molecule has 3 heterocycles. The van der Waals surface area contributed by atoms with Gasteiger partial charge < -0.3 is 10.2 Å². The van der Waals surface area contributed by atoms with Gasteiger partial charge >= 0.3 is 0 Å². The van der Waals surface area contributed by atoms with E-state index in [1.54, 1.807) is 18.3 Å². The van der Waals surface area contributed by atoms with Crippen LogP contribution in [0.2, 0.25) is 0 Å². The average molecular weight is 535 g/mol. The molecule has 3 fully saturated rings. The minimum Gasteiger partial charge on any atom is -0.343 e. The fourth-order valence-corrected chi connectivity index (χ4v) is 6.57. The second kappa shape index (κ2) is 12.4. The van der Waals surface area contributed by atoms with Crippen molar-refractivity contribution in [2.75, 3.05) is 26.2 Å². The monoisotopic (exact) mass is 534 g/mol. The fraction of sp³-hybridized carbons (Fsp3) is 0.548. The number of likely N-dealkylation sites (tertiary alicyclic amines) is 2. The predicted octanol–water partition coefficient (Wildman–Crippen LogP) is 4.40. The molecule has 1 N–H and O–H groups in total. The van der Waals surface area contributed by atoms with E-state index in [-0.39, 0.29) is 41.3 Å². The summed E-state index contributed by atoms with van der Waals surface area (Å²) in [7, 11) is 0. The van der Waals surface area contributed by atoms with Gasteiger partial charge in [0.2, 0.25) is 17.7 Å². The lowest BCUT2D eigenvalue weighted by Gasteiger charge is -2.39. The molecule has 3 unspecified atom stereocenters. The van der Waals surface area contributed by atoms with Crippen LogP contribution in [0, 0.1) is 30.5 Å². The van der Waals surface area contributed by atoms with Gasteiger partial charge in [-0.15, -0.1) is 0 Å². The van der Waals surface area contributed by atoms with Crippen molar-refractivity contribution < 1.29 is 18.8 Å². The minimum atomic E-state index is -0.444. The molecule has 0 spiro atoms. The molecule has 2 saturated heterocycles. The molecule has 3 amide bonds. The molecule has 8 heteroatoms. The number of benzene rings is 1. The van der Waals surface area contributed by atoms with E-state index in [9.17, 15) is 18.8 Å². The van der Waals surface area contributed by atoms with Crippen LogP contribution in [-0.2, 0) is 14.4 Å². The normalized spacial score (nSPS) is 23.4. The smallest absolute Gasteiger partial charge is 0.232 e. The summed E-state index contributed by atoms with van der Waals surface area (Å²) in [6, 6.07) is 9.59. The molecule has 1 aliphatic carbocycles. The third-order valence-electron chi connectivity index (χ3n) is 8.86. The Kier molecular flexibility index (Phi) is 8.70. The number of halogens is 1. The summed E-state index contributed by atoms with van der Waals surface area (Å²) in [5, 5.41) is 3.19. The number of imide groups is 1. The third-order valence-corrected chi connectivity index (χ3v) is 8.86. The van der Waals surface area contributed by atoms with Gasteiger partial charge in [0, 0.05) is 31.0 Å². The van der Waals surface area contributed by atoms with Crippen molar-refractivity contribution in [2.24, 2.45) is 17.8 Å². The lowest BCUT2D eigenvalue weighted by atomic mass is 9.74. The van der Waals surface area contributed by atoms with Crippen molar-refractivity contribution in [1.82, 2.24) is 20.1 Å². The number of pyridine rings is 1. The quantitative estimate of drug-likeness (QED) is 0.508. The first-order chi connectivity index (χ1) is 18.9. The van der Waals surface area contributed by atoms with E-state index in [0.29, 0.717) is 13.0 Å². The Balaban J connectivity index is 1.12. The van der Waals surface area contributed by atoms with E-state index in [0.717, 1.165) is 81.4 Å². The fourth-order valence-electron chi connectivity index (χ4n) is 6.57. The highest BCUT2D eigenvalue weighted by molar-refractivity contribution is 5.99. The Morgan fingerprint density at radius 3 is 2.54 bits per heavy atom. The molecule has 39 heavy (non-hydrogen) atoms. The molecule has 1 aromatic heterocycles. The maximum absolute atomic E-state index is 13.6. The molecule has 3 aliphatic rings. The summed E-state index contributed by atoms with van der Waals surface area (Å²) in [5.41, 5.74) is 2.52. The zero-order chi connectivity index (χ0) is 27.4. The van der Waals surface area contributed by atoms with Crippen molar-refractivity contribution >= 4 is 17.7 Å². The number of amides is 3. The standard InChI is InChI=1S/C31H39FN4O3/c1-21-6-4-15-33-28(21)29(22-9-11-25(32)12-10-22)34-30(38)23-13-18-35(19-14-23)16-5-17-36-27(37)20-24-7-2-3-8-26(24)31(36)39/h4,6,9-12,15,23-24,26,29H,2-3,5,7-8,13-14,16-20H2,1H3,(H,34,38). The summed E-state index contributed by atoms with van der Waals surface area (Å²) >= 11 is 0. The Labute approximate surface area is 230 Å². The molecule has 0 bridgehead atoms. The van der Waals surface area contributed by atoms with E-state index in [1.165, 1.54) is 17.0 Å². The van der Waals surface area contributed by atoms with Crippen molar-refractivity contribution in [3.8, 4) is 0 Å². The van der Waals surface area contributed by atoms with E-state index in [2.05, 4.69) is 15.2 Å². The van der Waals surface area contributed by atoms with Gasteiger partial charge in [-0.2, -0.15) is 0 Å². The lowest BCUT2D eigenvalue weighted by Crippen LogP contribution is -2.50. The van der Waals surface area contributed by atoms with Crippen LogP contribution >= 0.6 is 0 Å². The second-order valence-electron chi connectivity index (χ2n) is 11.4. The molecule has 0 radical (unpaired) electrons. The van der Waals surface area contributed by atoms with E-state index in [1.807, 2.05) is 19.1 Å². The van der Waals surface area contributed by atoms with Crippen molar-refractivity contribution in [1.29, 1.82) is 0 Å². The molecule has 1 aromatic carbocycles. The Bertz CT molecular complexity index is 1180. The van der Waals surface area contributed by atoms with Crippen molar-refractivity contribution in [3.63, 3.8) is 0 Å². The van der Waals surface area contributed by atoms with Crippen LogP contribution in [0.3, 0.4) is 0 Å². The molecule has 5 rings (SSSR count). The molecular weight excluding hydrogens is 495 g/mol. The Morgan fingerprint density at radius 1 is 1.05 bits per heavy atom. The van der Waals surface area contributed by atoms with Gasteiger partial charge in [-0.25, -0.2) is 4.39 Å². The SMILES string of the molecule is Cc1cccnc1C(NC(=O)C1CCN(CCCN2C(=O)CC3CCCCC3C2=O)CC1)c1ccc(F)cc1. The van der Waals surface area contributed by atoms with Gasteiger partial charge in [0.15, 0.2) is 0 Å². The first-order valence-electron chi connectivity index (χ1n) is 14.4. The highest BCUT2D eigenvalue weighted by Crippen LogP contribution is 2.37. The number of carbonyl (C=O) groups is 3. The summed E-state index contributed by atoms with van der Waals surface area (Å²) in [5.74, 6) is -0.102. The number of hydrogen-bond donors (Lipinski definition) is 1. The van der Waals surface area contributed by atoms with Gasteiger partial charge in [0.1, 0.15) is 5.82 Å². The van der Waals surface area contributed by atoms with Crippen LogP contribution in [0.5, 0.6) is 0 Å². The first kappa shape index (κ1) is 27.4. The molecule has 2 aliphatic heterocycles. The van der Waals surface area contributed by atoms with Gasteiger partial charge in [-0.1, -0.05) is 31.0 Å². The molecule has 1 saturated carbocycles. The van der Waals surface area contributed by atoms with E-state index < -0.39 is 6.04 Å². The number of fused-ring (bicyclic) bond motifs is 1. The second-order valence-corrected chi connectivity index (χ2v) is 11.4. The maximum Gasteiger partial charge on any atom is 0.232 e. The Morgan fingerprint density at radius 2 is 1.79 bits per heavy atom. The largest absolute Gasteiger partial charge is 0.343 e. The van der Waals surface area contributed by atoms with Crippen LogP contribution in [0.1, 0.15) is 74.2 Å². The minimum absolute atomic E-state index is 0.00243. The predicted molar refractivity (Wildman–Crippen MR) is 146 cm³/mol. The Hall–Kier alpha value is -3.13. The zero-order valence-corrected chi connectivity index (χ0v) is 22.8. The van der Waals surface area contributed by atoms with Crippen LogP contribution in [-0.4, -0.2) is 58.7 Å². The topological polar surface area (TPSA) is 82.6 Å². The average Bonchev–Trinajstić information content (AvgIpc) is 2.95. The number of aryl methyl sites for hydroxylation is 1.